The molecule has 0 spiro atoms. The number of alkyl halides is 2. The van der Waals surface area contributed by atoms with Crippen molar-refractivity contribution in [2.24, 2.45) is 0 Å². The second-order valence-corrected chi connectivity index (χ2v) is 4.99. The smallest absolute Gasteiger partial charge is 0.387 e. The number of hydrogen-bond donors (Lipinski definition) is 1. The standard InChI is InChI=1S/C16H15ClF2N2O3/c1-2-23-13-8-7-11(17)14(21-13)15(22)20-9-10-5-3-4-6-12(10)24-16(18)19/h3-8,16H,2,9H2,1H3,(H,20,22). The molecule has 1 heterocycles. The summed E-state index contributed by atoms with van der Waals surface area (Å²) in [6.07, 6.45) is 0. The maximum absolute atomic E-state index is 12.4. The minimum Gasteiger partial charge on any atom is -0.478 e. The van der Waals surface area contributed by atoms with Gasteiger partial charge in [0.25, 0.3) is 5.91 Å². The van der Waals surface area contributed by atoms with Crippen LogP contribution in [0, 0.1) is 0 Å². The van der Waals surface area contributed by atoms with Gasteiger partial charge in [-0.25, -0.2) is 4.98 Å². The Morgan fingerprint density at radius 3 is 2.75 bits per heavy atom. The predicted molar refractivity (Wildman–Crippen MR) is 84.7 cm³/mol. The van der Waals surface area contributed by atoms with Crippen LogP contribution in [-0.4, -0.2) is 24.1 Å². The van der Waals surface area contributed by atoms with E-state index in [1.54, 1.807) is 31.2 Å². The van der Waals surface area contributed by atoms with Crippen LogP contribution in [0.25, 0.3) is 0 Å². The summed E-state index contributed by atoms with van der Waals surface area (Å²) in [5, 5.41) is 2.73. The van der Waals surface area contributed by atoms with Crippen LogP contribution in [0.3, 0.4) is 0 Å². The predicted octanol–water partition coefficient (Wildman–Crippen LogP) is 3.67. The molecular formula is C16H15ClF2N2O3. The molecule has 24 heavy (non-hydrogen) atoms. The highest BCUT2D eigenvalue weighted by Gasteiger charge is 2.15. The molecule has 0 fully saturated rings. The molecule has 1 N–H and O–H groups in total. The normalized spacial score (nSPS) is 10.5. The molecule has 1 aromatic carbocycles. The zero-order valence-electron chi connectivity index (χ0n) is 12.8. The molecule has 5 nitrogen and oxygen atoms in total. The zero-order chi connectivity index (χ0) is 17.5. The first-order chi connectivity index (χ1) is 11.5. The van der Waals surface area contributed by atoms with Crippen LogP contribution in [0.15, 0.2) is 36.4 Å². The summed E-state index contributed by atoms with van der Waals surface area (Å²) in [4.78, 5) is 16.3. The average Bonchev–Trinajstić information content (AvgIpc) is 2.55. The van der Waals surface area contributed by atoms with Crippen LogP contribution in [0.5, 0.6) is 11.6 Å². The van der Waals surface area contributed by atoms with Gasteiger partial charge in [0, 0.05) is 18.2 Å². The minimum absolute atomic E-state index is 0.00470. The number of benzene rings is 1. The molecule has 1 amide bonds. The Morgan fingerprint density at radius 1 is 1.29 bits per heavy atom. The van der Waals surface area contributed by atoms with Crippen LogP contribution in [-0.2, 0) is 6.54 Å². The second kappa shape index (κ2) is 8.44. The van der Waals surface area contributed by atoms with Crippen LogP contribution < -0.4 is 14.8 Å². The SMILES string of the molecule is CCOc1ccc(Cl)c(C(=O)NCc2ccccc2OC(F)F)n1. The second-order valence-electron chi connectivity index (χ2n) is 4.58. The fourth-order valence-electron chi connectivity index (χ4n) is 1.93. The van der Waals surface area contributed by atoms with Gasteiger partial charge in [-0.2, -0.15) is 8.78 Å². The molecule has 0 aliphatic rings. The quantitative estimate of drug-likeness (QED) is 0.822. The maximum atomic E-state index is 12.4. The summed E-state index contributed by atoms with van der Waals surface area (Å²) in [5.41, 5.74) is 0.401. The number of nitrogens with zero attached hydrogens (tertiary/aromatic N) is 1. The lowest BCUT2D eigenvalue weighted by molar-refractivity contribution is -0.0504. The Balaban J connectivity index is 2.10. The van der Waals surface area contributed by atoms with Crippen LogP contribution in [0.2, 0.25) is 5.02 Å². The topological polar surface area (TPSA) is 60.5 Å². The molecule has 0 atom stereocenters. The minimum atomic E-state index is -2.94. The Bertz CT molecular complexity index is 713. The van der Waals surface area contributed by atoms with Crippen molar-refractivity contribution >= 4 is 17.5 Å². The molecule has 0 saturated heterocycles. The molecule has 0 saturated carbocycles. The number of ether oxygens (including phenoxy) is 2. The van der Waals surface area contributed by atoms with E-state index in [4.69, 9.17) is 16.3 Å². The van der Waals surface area contributed by atoms with Crippen LogP contribution in [0.4, 0.5) is 8.78 Å². The van der Waals surface area contributed by atoms with Gasteiger partial charge in [-0.1, -0.05) is 29.8 Å². The van der Waals surface area contributed by atoms with Crippen molar-refractivity contribution in [1.82, 2.24) is 10.3 Å². The van der Waals surface area contributed by atoms with E-state index < -0.39 is 12.5 Å². The third kappa shape index (κ3) is 4.79. The van der Waals surface area contributed by atoms with E-state index >= 15 is 0 Å². The fourth-order valence-corrected chi connectivity index (χ4v) is 2.12. The van der Waals surface area contributed by atoms with Gasteiger partial charge in [0.2, 0.25) is 5.88 Å². The number of rotatable bonds is 7. The lowest BCUT2D eigenvalue weighted by Gasteiger charge is -2.12. The fraction of sp³-hybridized carbons (Fsp3) is 0.250. The molecule has 0 aliphatic heterocycles. The van der Waals surface area contributed by atoms with E-state index in [1.807, 2.05) is 0 Å². The number of nitrogens with one attached hydrogen (secondary N) is 1. The number of carbonyl (C=O) groups is 1. The van der Waals surface area contributed by atoms with E-state index in [9.17, 15) is 13.6 Å². The van der Waals surface area contributed by atoms with E-state index in [-0.39, 0.29) is 28.9 Å². The molecule has 1 aromatic heterocycles. The summed E-state index contributed by atoms with van der Waals surface area (Å²) in [6, 6.07) is 9.24. The first kappa shape index (κ1) is 17.9. The third-order valence-electron chi connectivity index (χ3n) is 2.96. The van der Waals surface area contributed by atoms with Crippen LogP contribution in [0.1, 0.15) is 23.0 Å². The molecule has 0 radical (unpaired) electrons. The number of halogens is 3. The first-order valence-electron chi connectivity index (χ1n) is 7.11. The van der Waals surface area contributed by atoms with Crippen molar-refractivity contribution < 1.29 is 23.0 Å². The number of carbonyl (C=O) groups excluding carboxylic acids is 1. The van der Waals surface area contributed by atoms with Crippen molar-refractivity contribution in [2.75, 3.05) is 6.61 Å². The molecule has 0 aliphatic carbocycles. The summed E-state index contributed by atoms with van der Waals surface area (Å²) in [7, 11) is 0. The summed E-state index contributed by atoms with van der Waals surface area (Å²) < 4.78 is 34.4. The molecule has 2 rings (SSSR count). The Hall–Kier alpha value is -2.41. The average molecular weight is 357 g/mol. The molecule has 0 bridgehead atoms. The van der Waals surface area contributed by atoms with Gasteiger partial charge in [-0.05, 0) is 19.1 Å². The first-order valence-corrected chi connectivity index (χ1v) is 7.49. The van der Waals surface area contributed by atoms with Gasteiger partial charge in [-0.3, -0.25) is 4.79 Å². The molecule has 8 heteroatoms. The van der Waals surface area contributed by atoms with Crippen molar-refractivity contribution in [3.8, 4) is 11.6 Å². The number of amides is 1. The summed E-state index contributed by atoms with van der Waals surface area (Å²) in [6.45, 7) is -0.774. The Morgan fingerprint density at radius 2 is 2.04 bits per heavy atom. The van der Waals surface area contributed by atoms with Gasteiger partial charge in [0.1, 0.15) is 5.75 Å². The largest absolute Gasteiger partial charge is 0.478 e. The van der Waals surface area contributed by atoms with Crippen molar-refractivity contribution in [2.45, 2.75) is 20.1 Å². The van der Waals surface area contributed by atoms with E-state index in [1.165, 1.54) is 12.1 Å². The summed E-state index contributed by atoms with van der Waals surface area (Å²) in [5.74, 6) is -0.281. The lowest BCUT2D eigenvalue weighted by Crippen LogP contribution is -2.24. The monoisotopic (exact) mass is 356 g/mol. The highest BCUT2D eigenvalue weighted by atomic mass is 35.5. The third-order valence-corrected chi connectivity index (χ3v) is 3.26. The van der Waals surface area contributed by atoms with Crippen molar-refractivity contribution in [1.29, 1.82) is 0 Å². The van der Waals surface area contributed by atoms with E-state index in [2.05, 4.69) is 15.0 Å². The number of para-hydroxylation sites is 1. The van der Waals surface area contributed by atoms with Gasteiger partial charge in [0.05, 0.1) is 11.6 Å². The van der Waals surface area contributed by atoms with Crippen molar-refractivity contribution in [3.05, 3.63) is 52.7 Å². The Kier molecular flexibility index (Phi) is 6.31. The van der Waals surface area contributed by atoms with Gasteiger partial charge in [-0.15, -0.1) is 0 Å². The van der Waals surface area contributed by atoms with Crippen molar-refractivity contribution in [3.63, 3.8) is 0 Å². The molecule has 0 unspecified atom stereocenters. The molecule has 2 aromatic rings. The Labute approximate surface area is 142 Å². The molecular weight excluding hydrogens is 342 g/mol. The highest BCUT2D eigenvalue weighted by molar-refractivity contribution is 6.33. The maximum Gasteiger partial charge on any atom is 0.387 e. The van der Waals surface area contributed by atoms with Gasteiger partial charge >= 0.3 is 6.61 Å². The van der Waals surface area contributed by atoms with Crippen LogP contribution >= 0.6 is 11.6 Å². The number of pyridine rings is 1. The lowest BCUT2D eigenvalue weighted by atomic mass is 10.2. The van der Waals surface area contributed by atoms with Gasteiger partial charge < -0.3 is 14.8 Å². The molecule has 128 valence electrons. The number of aromatic nitrogens is 1. The zero-order valence-corrected chi connectivity index (χ0v) is 13.5. The number of hydrogen-bond acceptors (Lipinski definition) is 4. The van der Waals surface area contributed by atoms with Gasteiger partial charge in [0.15, 0.2) is 5.69 Å². The highest BCUT2D eigenvalue weighted by Crippen LogP contribution is 2.21. The van der Waals surface area contributed by atoms with E-state index in [0.717, 1.165) is 0 Å². The van der Waals surface area contributed by atoms with E-state index in [0.29, 0.717) is 12.2 Å². The summed E-state index contributed by atoms with van der Waals surface area (Å²) >= 11 is 5.97.